The van der Waals surface area contributed by atoms with Crippen molar-refractivity contribution >= 4 is 11.8 Å². The topological polar surface area (TPSA) is 58.6 Å². The molecule has 0 radical (unpaired) electrons. The first-order valence-electron chi connectivity index (χ1n) is 10.9. The SMILES string of the molecule is CC(C)C(=O)N(Cc1ccc(F)cc1)[C@@H](Cc1ccccc1)C(=O)NC[C@H]1CCCO1. The molecule has 1 aliphatic heterocycles. The van der Waals surface area contributed by atoms with Crippen LogP contribution in [0, 0.1) is 11.7 Å². The van der Waals surface area contributed by atoms with Gasteiger partial charge in [0.2, 0.25) is 11.8 Å². The highest BCUT2D eigenvalue weighted by molar-refractivity contribution is 5.88. The second kappa shape index (κ2) is 11.0. The van der Waals surface area contributed by atoms with Crippen LogP contribution >= 0.6 is 0 Å². The van der Waals surface area contributed by atoms with Crippen LogP contribution in [0.15, 0.2) is 54.6 Å². The van der Waals surface area contributed by atoms with Gasteiger partial charge in [-0.05, 0) is 36.1 Å². The maximum absolute atomic E-state index is 13.4. The quantitative estimate of drug-likeness (QED) is 0.665. The number of benzene rings is 2. The predicted octanol–water partition coefficient (Wildman–Crippen LogP) is 3.72. The van der Waals surface area contributed by atoms with E-state index in [1.165, 1.54) is 12.1 Å². The average Bonchev–Trinajstić information content (AvgIpc) is 3.29. The summed E-state index contributed by atoms with van der Waals surface area (Å²) in [5.41, 5.74) is 1.75. The van der Waals surface area contributed by atoms with Crippen LogP contribution in [0.25, 0.3) is 0 Å². The van der Waals surface area contributed by atoms with E-state index < -0.39 is 6.04 Å². The molecule has 0 bridgehead atoms. The smallest absolute Gasteiger partial charge is 0.243 e. The fourth-order valence-corrected chi connectivity index (χ4v) is 3.78. The number of rotatable bonds is 9. The van der Waals surface area contributed by atoms with Crippen LogP contribution in [0.2, 0.25) is 0 Å². The molecule has 2 aromatic rings. The molecule has 1 heterocycles. The molecule has 1 N–H and O–H groups in total. The lowest BCUT2D eigenvalue weighted by Crippen LogP contribution is -2.52. The fraction of sp³-hybridized carbons (Fsp3) is 0.440. The first-order chi connectivity index (χ1) is 14.9. The van der Waals surface area contributed by atoms with Gasteiger partial charge in [-0.25, -0.2) is 4.39 Å². The monoisotopic (exact) mass is 426 g/mol. The van der Waals surface area contributed by atoms with E-state index in [1.54, 1.807) is 17.0 Å². The summed E-state index contributed by atoms with van der Waals surface area (Å²) < 4.78 is 19.0. The maximum Gasteiger partial charge on any atom is 0.243 e. The van der Waals surface area contributed by atoms with Gasteiger partial charge in [0.25, 0.3) is 0 Å². The summed E-state index contributed by atoms with van der Waals surface area (Å²) in [6.45, 7) is 5.04. The van der Waals surface area contributed by atoms with Gasteiger partial charge in [0.15, 0.2) is 0 Å². The van der Waals surface area contributed by atoms with E-state index in [1.807, 2.05) is 44.2 Å². The Morgan fingerprint density at radius 2 is 1.81 bits per heavy atom. The van der Waals surface area contributed by atoms with Crippen molar-refractivity contribution in [3.8, 4) is 0 Å². The molecule has 0 unspecified atom stereocenters. The highest BCUT2D eigenvalue weighted by Crippen LogP contribution is 2.18. The molecule has 1 fully saturated rings. The van der Waals surface area contributed by atoms with E-state index in [-0.39, 0.29) is 36.2 Å². The Hall–Kier alpha value is -2.73. The molecule has 1 saturated heterocycles. The lowest BCUT2D eigenvalue weighted by atomic mass is 10.0. The number of hydrogen-bond acceptors (Lipinski definition) is 3. The van der Waals surface area contributed by atoms with E-state index in [2.05, 4.69) is 5.32 Å². The zero-order valence-electron chi connectivity index (χ0n) is 18.2. The third-order valence-corrected chi connectivity index (χ3v) is 5.52. The maximum atomic E-state index is 13.4. The van der Waals surface area contributed by atoms with Crippen LogP contribution in [0.3, 0.4) is 0 Å². The lowest BCUT2D eigenvalue weighted by molar-refractivity contribution is -0.143. The second-order valence-corrected chi connectivity index (χ2v) is 8.33. The van der Waals surface area contributed by atoms with Crippen LogP contribution in [-0.4, -0.2) is 42.0 Å². The van der Waals surface area contributed by atoms with Crippen molar-refractivity contribution in [2.24, 2.45) is 5.92 Å². The zero-order chi connectivity index (χ0) is 22.2. The Morgan fingerprint density at radius 1 is 1.10 bits per heavy atom. The summed E-state index contributed by atoms with van der Waals surface area (Å²) in [6, 6.07) is 15.0. The van der Waals surface area contributed by atoms with E-state index in [0.29, 0.717) is 13.0 Å². The average molecular weight is 427 g/mol. The molecule has 3 rings (SSSR count). The van der Waals surface area contributed by atoms with E-state index in [4.69, 9.17) is 4.74 Å². The predicted molar refractivity (Wildman–Crippen MR) is 118 cm³/mol. The van der Waals surface area contributed by atoms with Gasteiger partial charge in [0.1, 0.15) is 11.9 Å². The highest BCUT2D eigenvalue weighted by Gasteiger charge is 2.32. The zero-order valence-corrected chi connectivity index (χ0v) is 18.2. The number of nitrogens with one attached hydrogen (secondary N) is 1. The van der Waals surface area contributed by atoms with Crippen LogP contribution in [0.4, 0.5) is 4.39 Å². The molecule has 0 aromatic heterocycles. The van der Waals surface area contributed by atoms with E-state index >= 15 is 0 Å². The number of carbonyl (C=O) groups is 2. The third kappa shape index (κ3) is 6.62. The lowest BCUT2D eigenvalue weighted by Gasteiger charge is -2.33. The van der Waals surface area contributed by atoms with Crippen molar-refractivity contribution in [3.05, 3.63) is 71.5 Å². The van der Waals surface area contributed by atoms with Crippen molar-refractivity contribution in [1.82, 2.24) is 10.2 Å². The number of ether oxygens (including phenoxy) is 1. The Kier molecular flexibility index (Phi) is 8.18. The molecule has 1 aliphatic rings. The standard InChI is InChI=1S/C25H31FN2O3/c1-18(2)25(30)28(17-20-10-12-21(26)13-11-20)23(15-19-7-4-3-5-8-19)24(29)27-16-22-9-6-14-31-22/h3-5,7-8,10-13,18,22-23H,6,9,14-17H2,1-2H3,(H,27,29)/t22-,23+/m1/s1. The number of carbonyl (C=O) groups excluding carboxylic acids is 2. The number of halogens is 1. The third-order valence-electron chi connectivity index (χ3n) is 5.52. The molecule has 0 aliphatic carbocycles. The van der Waals surface area contributed by atoms with Crippen molar-refractivity contribution in [2.45, 2.75) is 51.8 Å². The highest BCUT2D eigenvalue weighted by atomic mass is 19.1. The van der Waals surface area contributed by atoms with Gasteiger partial charge in [-0.1, -0.05) is 56.3 Å². The molecular formula is C25H31FN2O3. The van der Waals surface area contributed by atoms with Crippen molar-refractivity contribution in [1.29, 1.82) is 0 Å². The fourth-order valence-electron chi connectivity index (χ4n) is 3.78. The molecule has 31 heavy (non-hydrogen) atoms. The van der Waals surface area contributed by atoms with Crippen LogP contribution in [0.1, 0.15) is 37.8 Å². The molecule has 5 nitrogen and oxygen atoms in total. The minimum absolute atomic E-state index is 0.0210. The summed E-state index contributed by atoms with van der Waals surface area (Å²) in [6.07, 6.45) is 2.34. The Labute approximate surface area is 183 Å². The minimum atomic E-state index is -0.677. The normalized spacial score (nSPS) is 16.8. The van der Waals surface area contributed by atoms with Gasteiger partial charge in [0.05, 0.1) is 6.10 Å². The number of amides is 2. The van der Waals surface area contributed by atoms with Crippen LogP contribution < -0.4 is 5.32 Å². The molecule has 2 aromatic carbocycles. The van der Waals surface area contributed by atoms with E-state index in [9.17, 15) is 14.0 Å². The summed E-state index contributed by atoms with van der Waals surface area (Å²) in [5, 5.41) is 3.00. The molecule has 0 spiro atoms. The second-order valence-electron chi connectivity index (χ2n) is 8.33. The summed E-state index contributed by atoms with van der Waals surface area (Å²) in [4.78, 5) is 28.1. The molecule has 6 heteroatoms. The minimum Gasteiger partial charge on any atom is -0.376 e. The number of nitrogens with zero attached hydrogens (tertiary/aromatic N) is 1. The van der Waals surface area contributed by atoms with Crippen molar-refractivity contribution < 1.29 is 18.7 Å². The first kappa shape index (κ1) is 22.9. The van der Waals surface area contributed by atoms with Gasteiger partial charge in [-0.3, -0.25) is 9.59 Å². The summed E-state index contributed by atoms with van der Waals surface area (Å²) >= 11 is 0. The Bertz CT molecular complexity index is 849. The first-order valence-corrected chi connectivity index (χ1v) is 10.9. The number of hydrogen-bond donors (Lipinski definition) is 1. The van der Waals surface area contributed by atoms with Crippen LogP contribution in [-0.2, 0) is 27.3 Å². The summed E-state index contributed by atoms with van der Waals surface area (Å²) in [7, 11) is 0. The molecular weight excluding hydrogens is 395 g/mol. The van der Waals surface area contributed by atoms with Gasteiger partial charge in [-0.15, -0.1) is 0 Å². The summed E-state index contributed by atoms with van der Waals surface area (Å²) in [5.74, 6) is -0.918. The molecule has 2 atom stereocenters. The van der Waals surface area contributed by atoms with Gasteiger partial charge in [-0.2, -0.15) is 0 Å². The van der Waals surface area contributed by atoms with Crippen molar-refractivity contribution in [2.75, 3.05) is 13.2 Å². The van der Waals surface area contributed by atoms with Crippen LogP contribution in [0.5, 0.6) is 0 Å². The van der Waals surface area contributed by atoms with Gasteiger partial charge >= 0.3 is 0 Å². The molecule has 2 amide bonds. The Balaban J connectivity index is 1.85. The largest absolute Gasteiger partial charge is 0.376 e. The van der Waals surface area contributed by atoms with Gasteiger partial charge < -0.3 is 15.0 Å². The van der Waals surface area contributed by atoms with Gasteiger partial charge in [0, 0.05) is 32.0 Å². The van der Waals surface area contributed by atoms with Crippen molar-refractivity contribution in [3.63, 3.8) is 0 Å². The van der Waals surface area contributed by atoms with E-state index in [0.717, 1.165) is 30.6 Å². The molecule has 166 valence electrons. The molecule has 0 saturated carbocycles. The Morgan fingerprint density at radius 3 is 2.42 bits per heavy atom.